The van der Waals surface area contributed by atoms with Crippen LogP contribution in [0.15, 0.2) is 30.3 Å². The van der Waals surface area contributed by atoms with Gasteiger partial charge in [0.15, 0.2) is 0 Å². The molecule has 1 rings (SSSR count). The minimum Gasteiger partial charge on any atom is -0.421 e. The van der Waals surface area contributed by atoms with Gasteiger partial charge in [0.05, 0.1) is 0 Å². The lowest BCUT2D eigenvalue weighted by molar-refractivity contribution is -0.176. The van der Waals surface area contributed by atoms with Crippen LogP contribution in [-0.2, 0) is 19.1 Å². The zero-order valence-corrected chi connectivity index (χ0v) is 10.8. The summed E-state index contributed by atoms with van der Waals surface area (Å²) in [6.45, 7) is 2.49. The standard InChI is InChI=1S/C13H13ClO4/c1-9(15)17-13(18-10(2)16)8-5-11-3-6-12(14)7-4-11/h3-8,13H,1-2H3. The lowest BCUT2D eigenvalue weighted by Crippen LogP contribution is -2.19. The highest BCUT2D eigenvalue weighted by Gasteiger charge is 2.10. The zero-order valence-electron chi connectivity index (χ0n) is 10.1. The number of hydrogen-bond acceptors (Lipinski definition) is 4. The van der Waals surface area contributed by atoms with Crippen molar-refractivity contribution in [2.45, 2.75) is 20.1 Å². The smallest absolute Gasteiger partial charge is 0.305 e. The Morgan fingerprint density at radius 2 is 1.61 bits per heavy atom. The van der Waals surface area contributed by atoms with Gasteiger partial charge in [0, 0.05) is 18.9 Å². The summed E-state index contributed by atoms with van der Waals surface area (Å²) in [5.74, 6) is -1.05. The maximum Gasteiger partial charge on any atom is 0.305 e. The molecular formula is C13H13ClO4. The Morgan fingerprint density at radius 3 is 2.06 bits per heavy atom. The van der Waals surface area contributed by atoms with E-state index < -0.39 is 18.2 Å². The molecule has 4 nitrogen and oxygen atoms in total. The second kappa shape index (κ2) is 6.81. The van der Waals surface area contributed by atoms with Crippen molar-refractivity contribution in [1.29, 1.82) is 0 Å². The number of halogens is 1. The minimum atomic E-state index is -1.02. The highest BCUT2D eigenvalue weighted by atomic mass is 35.5. The number of rotatable bonds is 4. The molecule has 1 aromatic rings. The van der Waals surface area contributed by atoms with Crippen molar-refractivity contribution in [2.75, 3.05) is 0 Å². The maximum atomic E-state index is 10.8. The fourth-order valence-corrected chi connectivity index (χ4v) is 1.32. The topological polar surface area (TPSA) is 52.6 Å². The summed E-state index contributed by atoms with van der Waals surface area (Å²) < 4.78 is 9.62. The molecule has 0 N–H and O–H groups in total. The van der Waals surface area contributed by atoms with Gasteiger partial charge in [-0.3, -0.25) is 9.59 Å². The molecule has 0 saturated heterocycles. The monoisotopic (exact) mass is 268 g/mol. The minimum absolute atomic E-state index is 0.526. The summed E-state index contributed by atoms with van der Waals surface area (Å²) in [5, 5.41) is 0.628. The zero-order chi connectivity index (χ0) is 13.5. The van der Waals surface area contributed by atoms with Crippen molar-refractivity contribution < 1.29 is 19.1 Å². The van der Waals surface area contributed by atoms with Crippen molar-refractivity contribution >= 4 is 29.6 Å². The second-order valence-electron chi connectivity index (χ2n) is 3.50. The van der Waals surface area contributed by atoms with E-state index in [-0.39, 0.29) is 0 Å². The van der Waals surface area contributed by atoms with E-state index in [1.807, 2.05) is 0 Å². The molecule has 0 fully saturated rings. The Hall–Kier alpha value is -1.81. The molecule has 0 radical (unpaired) electrons. The Morgan fingerprint density at radius 1 is 1.11 bits per heavy atom. The molecule has 0 saturated carbocycles. The van der Waals surface area contributed by atoms with Crippen LogP contribution in [0.1, 0.15) is 19.4 Å². The van der Waals surface area contributed by atoms with Gasteiger partial charge in [-0.05, 0) is 23.8 Å². The molecule has 0 bridgehead atoms. The lowest BCUT2D eigenvalue weighted by atomic mass is 10.2. The van der Waals surface area contributed by atoms with Gasteiger partial charge in [-0.15, -0.1) is 0 Å². The maximum absolute atomic E-state index is 10.8. The predicted molar refractivity (Wildman–Crippen MR) is 67.8 cm³/mol. The molecular weight excluding hydrogens is 256 g/mol. The van der Waals surface area contributed by atoms with Gasteiger partial charge in [-0.1, -0.05) is 29.8 Å². The SMILES string of the molecule is CC(=O)OC(C=Cc1ccc(Cl)cc1)OC(C)=O. The molecule has 0 unspecified atom stereocenters. The third kappa shape index (κ3) is 5.50. The van der Waals surface area contributed by atoms with E-state index in [0.29, 0.717) is 5.02 Å². The Labute approximate surface area is 110 Å². The highest BCUT2D eigenvalue weighted by Crippen LogP contribution is 2.11. The number of carbonyl (C=O) groups is 2. The summed E-state index contributed by atoms with van der Waals surface area (Å²) in [6.07, 6.45) is 2.13. The summed E-state index contributed by atoms with van der Waals surface area (Å²) in [5.41, 5.74) is 0.851. The molecule has 0 spiro atoms. The van der Waals surface area contributed by atoms with Gasteiger partial charge in [0.1, 0.15) is 0 Å². The van der Waals surface area contributed by atoms with Crippen LogP contribution in [0, 0.1) is 0 Å². The first-order valence-electron chi connectivity index (χ1n) is 5.25. The molecule has 0 aliphatic rings. The third-order valence-electron chi connectivity index (χ3n) is 1.88. The van der Waals surface area contributed by atoms with Crippen LogP contribution in [-0.4, -0.2) is 18.2 Å². The van der Waals surface area contributed by atoms with Gasteiger partial charge >= 0.3 is 11.9 Å². The number of hydrogen-bond donors (Lipinski definition) is 0. The molecule has 0 aliphatic carbocycles. The first-order valence-corrected chi connectivity index (χ1v) is 5.63. The Bertz CT molecular complexity index is 435. The molecule has 0 aliphatic heterocycles. The Balaban J connectivity index is 2.72. The molecule has 1 aromatic carbocycles. The van der Waals surface area contributed by atoms with Crippen molar-refractivity contribution in [3.8, 4) is 0 Å². The van der Waals surface area contributed by atoms with Crippen molar-refractivity contribution in [1.82, 2.24) is 0 Å². The van der Waals surface area contributed by atoms with Crippen LogP contribution in [0.25, 0.3) is 6.08 Å². The average Bonchev–Trinajstić information content (AvgIpc) is 2.26. The van der Waals surface area contributed by atoms with Gasteiger partial charge in [0.2, 0.25) is 0 Å². The van der Waals surface area contributed by atoms with Crippen molar-refractivity contribution in [3.05, 3.63) is 40.9 Å². The van der Waals surface area contributed by atoms with Gasteiger partial charge < -0.3 is 9.47 Å². The van der Waals surface area contributed by atoms with Crippen LogP contribution in [0.3, 0.4) is 0 Å². The molecule has 0 amide bonds. The van der Waals surface area contributed by atoms with E-state index in [1.165, 1.54) is 19.9 Å². The fourth-order valence-electron chi connectivity index (χ4n) is 1.19. The van der Waals surface area contributed by atoms with E-state index in [4.69, 9.17) is 21.1 Å². The summed E-state index contributed by atoms with van der Waals surface area (Å²) in [4.78, 5) is 21.7. The summed E-state index contributed by atoms with van der Waals surface area (Å²) in [7, 11) is 0. The molecule has 5 heteroatoms. The normalized spacial score (nSPS) is 10.7. The summed E-state index contributed by atoms with van der Waals surface area (Å²) in [6, 6.07) is 7.04. The van der Waals surface area contributed by atoms with Crippen LogP contribution >= 0.6 is 11.6 Å². The number of esters is 2. The molecule has 0 aromatic heterocycles. The number of carbonyl (C=O) groups excluding carboxylic acids is 2. The number of ether oxygens (including phenoxy) is 2. The van der Waals surface area contributed by atoms with E-state index >= 15 is 0 Å². The molecule has 0 heterocycles. The van der Waals surface area contributed by atoms with E-state index in [1.54, 1.807) is 30.3 Å². The van der Waals surface area contributed by atoms with E-state index in [0.717, 1.165) is 5.56 Å². The van der Waals surface area contributed by atoms with Crippen LogP contribution < -0.4 is 0 Å². The quantitative estimate of drug-likeness (QED) is 0.622. The Kier molecular flexibility index (Phi) is 5.39. The third-order valence-corrected chi connectivity index (χ3v) is 2.13. The first kappa shape index (κ1) is 14.3. The van der Waals surface area contributed by atoms with Gasteiger partial charge in [-0.25, -0.2) is 0 Å². The van der Waals surface area contributed by atoms with Crippen LogP contribution in [0.4, 0.5) is 0 Å². The van der Waals surface area contributed by atoms with Crippen LogP contribution in [0.2, 0.25) is 5.02 Å². The molecule has 0 atom stereocenters. The van der Waals surface area contributed by atoms with Gasteiger partial charge in [0.25, 0.3) is 6.29 Å². The van der Waals surface area contributed by atoms with Crippen molar-refractivity contribution in [3.63, 3.8) is 0 Å². The molecule has 96 valence electrons. The average molecular weight is 269 g/mol. The molecule has 18 heavy (non-hydrogen) atoms. The predicted octanol–water partition coefficient (Wildman–Crippen LogP) is 2.81. The van der Waals surface area contributed by atoms with Gasteiger partial charge in [-0.2, -0.15) is 0 Å². The number of benzene rings is 1. The summed E-state index contributed by atoms with van der Waals surface area (Å²) >= 11 is 5.75. The largest absolute Gasteiger partial charge is 0.421 e. The fraction of sp³-hybridized carbons (Fsp3) is 0.231. The highest BCUT2D eigenvalue weighted by molar-refractivity contribution is 6.30. The second-order valence-corrected chi connectivity index (χ2v) is 3.93. The van der Waals surface area contributed by atoms with E-state index in [9.17, 15) is 9.59 Å². The van der Waals surface area contributed by atoms with E-state index in [2.05, 4.69) is 0 Å². The van der Waals surface area contributed by atoms with Crippen LogP contribution in [0.5, 0.6) is 0 Å². The lowest BCUT2D eigenvalue weighted by Gasteiger charge is -2.12. The first-order chi connectivity index (χ1) is 8.47. The van der Waals surface area contributed by atoms with Crippen molar-refractivity contribution in [2.24, 2.45) is 0 Å².